The molecule has 0 amide bonds. The molecule has 0 aromatic rings. The van der Waals surface area contributed by atoms with E-state index in [0.717, 1.165) is 0 Å². The summed E-state index contributed by atoms with van der Waals surface area (Å²) < 4.78 is 37.3. The highest BCUT2D eigenvalue weighted by atomic mass is 19.1. The number of hydrogen-bond donors (Lipinski definition) is 2. The van der Waals surface area contributed by atoms with Crippen molar-refractivity contribution in [2.75, 3.05) is 0 Å². The van der Waals surface area contributed by atoms with Gasteiger partial charge >= 0.3 is 0 Å². The van der Waals surface area contributed by atoms with E-state index in [1.165, 1.54) is 13.8 Å². The van der Waals surface area contributed by atoms with Gasteiger partial charge < -0.3 is 19.7 Å². The predicted octanol–water partition coefficient (Wildman–Crippen LogP) is -0.0819. The average Bonchev–Trinajstić information content (AvgIpc) is 2.48. The first kappa shape index (κ1) is 11.2. The number of aliphatic hydroxyl groups excluding tert-OH is 2. The van der Waals surface area contributed by atoms with E-state index in [1.807, 2.05) is 0 Å². The summed E-state index contributed by atoms with van der Waals surface area (Å²) in [5, 5.41) is 18.5. The van der Waals surface area contributed by atoms with Crippen LogP contribution in [0.3, 0.4) is 0 Å². The highest BCUT2D eigenvalue weighted by molar-refractivity contribution is 5.03. The molecule has 1 aliphatic heterocycles. The summed E-state index contributed by atoms with van der Waals surface area (Å²) in [6, 6.07) is 0. The quantitative estimate of drug-likeness (QED) is 0.604. The molecular weight excluding hydrogens is 210 g/mol. The minimum Gasteiger partial charge on any atom is -0.387 e. The third kappa shape index (κ3) is 1.65. The smallest absolute Gasteiger partial charge is 0.164 e. The molecule has 1 saturated heterocycles. The molecule has 15 heavy (non-hydrogen) atoms. The molecule has 1 saturated carbocycles. The predicted molar refractivity (Wildman–Crippen MR) is 45.6 cm³/mol. The van der Waals surface area contributed by atoms with Crippen molar-refractivity contribution in [3.8, 4) is 0 Å². The second kappa shape index (κ2) is 3.35. The highest BCUT2D eigenvalue weighted by Crippen LogP contribution is 2.39. The Morgan fingerprint density at radius 3 is 1.60 bits per heavy atom. The van der Waals surface area contributed by atoms with Crippen molar-refractivity contribution in [3.05, 3.63) is 0 Å². The van der Waals surface area contributed by atoms with Crippen molar-refractivity contribution in [2.24, 2.45) is 0 Å². The monoisotopic (exact) mass is 224 g/mol. The van der Waals surface area contributed by atoms with Crippen molar-refractivity contribution in [1.29, 1.82) is 0 Å². The highest BCUT2D eigenvalue weighted by Gasteiger charge is 2.58. The molecule has 2 aliphatic rings. The molecule has 0 aromatic carbocycles. The molecule has 2 N–H and O–H groups in total. The zero-order valence-corrected chi connectivity index (χ0v) is 8.43. The van der Waals surface area contributed by atoms with Crippen molar-refractivity contribution in [3.63, 3.8) is 0 Å². The van der Waals surface area contributed by atoms with E-state index in [2.05, 4.69) is 0 Å². The van der Waals surface area contributed by atoms with Gasteiger partial charge in [0, 0.05) is 0 Å². The van der Waals surface area contributed by atoms with E-state index in [-0.39, 0.29) is 0 Å². The lowest BCUT2D eigenvalue weighted by molar-refractivity contribution is -0.153. The zero-order valence-electron chi connectivity index (χ0n) is 8.43. The Balaban J connectivity index is 2.23. The number of hydrogen-bond acceptors (Lipinski definition) is 4. The molecule has 88 valence electrons. The minimum absolute atomic E-state index is 1.09. The van der Waals surface area contributed by atoms with E-state index in [1.54, 1.807) is 0 Å². The summed E-state index contributed by atoms with van der Waals surface area (Å²) in [7, 11) is 0. The topological polar surface area (TPSA) is 58.9 Å². The number of halogens is 2. The molecule has 0 aromatic heterocycles. The summed E-state index contributed by atoms with van der Waals surface area (Å²) >= 11 is 0. The Bertz CT molecular complexity index is 236. The fourth-order valence-corrected chi connectivity index (χ4v) is 2.08. The van der Waals surface area contributed by atoms with Gasteiger partial charge in [-0.1, -0.05) is 0 Å². The number of aliphatic hydroxyl groups is 2. The van der Waals surface area contributed by atoms with Gasteiger partial charge in [-0.3, -0.25) is 0 Å². The van der Waals surface area contributed by atoms with Gasteiger partial charge in [-0.2, -0.15) is 0 Å². The Kier molecular flexibility index (Phi) is 2.50. The van der Waals surface area contributed by atoms with Crippen molar-refractivity contribution in [1.82, 2.24) is 0 Å². The van der Waals surface area contributed by atoms with Gasteiger partial charge in [-0.25, -0.2) is 8.78 Å². The first-order chi connectivity index (χ1) is 6.83. The van der Waals surface area contributed by atoms with E-state index in [0.29, 0.717) is 0 Å². The average molecular weight is 224 g/mol. The maximum absolute atomic E-state index is 13.5. The second-order valence-electron chi connectivity index (χ2n) is 4.43. The summed E-state index contributed by atoms with van der Waals surface area (Å²) in [5.74, 6) is -1.09. The van der Waals surface area contributed by atoms with Gasteiger partial charge in [-0.05, 0) is 13.8 Å². The van der Waals surface area contributed by atoms with Gasteiger partial charge in [0.2, 0.25) is 0 Å². The van der Waals surface area contributed by atoms with E-state index in [4.69, 9.17) is 9.47 Å². The summed E-state index contributed by atoms with van der Waals surface area (Å²) in [5.41, 5.74) is 0. The van der Waals surface area contributed by atoms with Crippen molar-refractivity contribution < 1.29 is 28.5 Å². The van der Waals surface area contributed by atoms with Gasteiger partial charge in [0.15, 0.2) is 18.1 Å². The van der Waals surface area contributed by atoms with Crippen LogP contribution in [0.15, 0.2) is 0 Å². The fraction of sp³-hybridized carbons (Fsp3) is 1.00. The summed E-state index contributed by atoms with van der Waals surface area (Å²) in [6.45, 7) is 3.06. The van der Waals surface area contributed by atoms with Crippen LogP contribution in [0.4, 0.5) is 8.78 Å². The van der Waals surface area contributed by atoms with Crippen LogP contribution in [0, 0.1) is 0 Å². The molecule has 0 unspecified atom stereocenters. The minimum atomic E-state index is -1.83. The third-order valence-electron chi connectivity index (χ3n) is 2.79. The van der Waals surface area contributed by atoms with Crippen molar-refractivity contribution in [2.45, 2.75) is 56.4 Å². The van der Waals surface area contributed by atoms with E-state index >= 15 is 0 Å². The normalized spacial score (nSPS) is 54.0. The zero-order chi connectivity index (χ0) is 11.4. The summed E-state index contributed by atoms with van der Waals surface area (Å²) in [6.07, 6.45) is -9.52. The maximum Gasteiger partial charge on any atom is 0.164 e. The van der Waals surface area contributed by atoms with Crippen LogP contribution in [0.1, 0.15) is 13.8 Å². The molecule has 0 radical (unpaired) electrons. The number of ether oxygens (including phenoxy) is 2. The van der Waals surface area contributed by atoms with Gasteiger partial charge in [0.25, 0.3) is 0 Å². The molecule has 2 rings (SSSR count). The molecule has 0 spiro atoms. The number of fused-ring (bicyclic) bond motifs is 1. The lowest BCUT2D eigenvalue weighted by Gasteiger charge is -2.36. The lowest BCUT2D eigenvalue weighted by atomic mass is 9.87. The number of rotatable bonds is 0. The SMILES string of the molecule is CC1(C)O[C@H]2[C@@H](F)[C@H](O)[C@H](O)[C@H](F)[C@@H]2O1. The maximum atomic E-state index is 13.5. The second-order valence-corrected chi connectivity index (χ2v) is 4.43. The van der Waals surface area contributed by atoms with Crippen LogP contribution in [-0.4, -0.2) is 52.8 Å². The van der Waals surface area contributed by atoms with Gasteiger partial charge in [0.1, 0.15) is 24.4 Å². The fourth-order valence-electron chi connectivity index (χ4n) is 2.08. The van der Waals surface area contributed by atoms with E-state index < -0.39 is 42.5 Å². The van der Waals surface area contributed by atoms with Crippen LogP contribution in [0.25, 0.3) is 0 Å². The molecule has 6 atom stereocenters. The van der Waals surface area contributed by atoms with Crippen LogP contribution in [-0.2, 0) is 9.47 Å². The van der Waals surface area contributed by atoms with Gasteiger partial charge in [0.05, 0.1) is 0 Å². The van der Waals surface area contributed by atoms with Crippen LogP contribution in [0.5, 0.6) is 0 Å². The Morgan fingerprint density at radius 2 is 1.27 bits per heavy atom. The Hall–Kier alpha value is -0.300. The van der Waals surface area contributed by atoms with E-state index in [9.17, 15) is 19.0 Å². The Labute approximate surface area is 85.8 Å². The molecule has 6 heteroatoms. The number of alkyl halides is 2. The molecular formula is C9H14F2O4. The van der Waals surface area contributed by atoms with Gasteiger partial charge in [-0.15, -0.1) is 0 Å². The lowest BCUT2D eigenvalue weighted by Crippen LogP contribution is -2.59. The molecule has 1 heterocycles. The molecule has 1 aliphatic carbocycles. The molecule has 0 bridgehead atoms. The van der Waals surface area contributed by atoms with Crippen molar-refractivity contribution >= 4 is 0 Å². The summed E-state index contributed by atoms with van der Waals surface area (Å²) in [4.78, 5) is 0. The first-order valence-electron chi connectivity index (χ1n) is 4.83. The Morgan fingerprint density at radius 1 is 0.933 bits per heavy atom. The van der Waals surface area contributed by atoms with Crippen LogP contribution < -0.4 is 0 Å². The van der Waals surface area contributed by atoms with Crippen LogP contribution in [0.2, 0.25) is 0 Å². The first-order valence-corrected chi connectivity index (χ1v) is 4.83. The molecule has 2 fully saturated rings. The third-order valence-corrected chi connectivity index (χ3v) is 2.79. The largest absolute Gasteiger partial charge is 0.387 e. The van der Waals surface area contributed by atoms with Crippen LogP contribution >= 0.6 is 0 Å². The standard InChI is InChI=1S/C9H14F2O4/c1-9(2)14-7-3(10)5(12)6(13)4(11)8(7)15-9/h3-8,12-13H,1-2H3/t3-,4-,5-,6+,7-,8-/m0/s1. The molecule has 4 nitrogen and oxygen atoms in total.